The highest BCUT2D eigenvalue weighted by Crippen LogP contribution is 2.32. The van der Waals surface area contributed by atoms with E-state index in [0.29, 0.717) is 5.92 Å². The summed E-state index contributed by atoms with van der Waals surface area (Å²) in [5, 5.41) is 10.4. The molecule has 1 aromatic rings. The number of hydrogen-bond donors (Lipinski definition) is 2. The van der Waals surface area contributed by atoms with Crippen molar-refractivity contribution in [1.29, 1.82) is 0 Å². The van der Waals surface area contributed by atoms with E-state index in [1.54, 1.807) is 7.11 Å². The van der Waals surface area contributed by atoms with E-state index in [9.17, 15) is 5.11 Å². The van der Waals surface area contributed by atoms with Gasteiger partial charge in [-0.1, -0.05) is 31.4 Å². The first kappa shape index (κ1) is 16.3. The van der Waals surface area contributed by atoms with Crippen LogP contribution < -0.4 is 10.5 Å². The molecular weight excluding hydrogens is 262 g/mol. The Hall–Kier alpha value is -0.770. The second kappa shape index (κ2) is 7.73. The normalized spacial score (nSPS) is 19.3. The minimum Gasteiger partial charge on any atom is -0.497 e. The molecule has 0 heterocycles. The van der Waals surface area contributed by atoms with Crippen LogP contribution >= 0.6 is 12.4 Å². The Bertz CT molecular complexity index is 380. The van der Waals surface area contributed by atoms with Crippen LogP contribution in [0.5, 0.6) is 5.75 Å². The van der Waals surface area contributed by atoms with Crippen LogP contribution in [0.25, 0.3) is 0 Å². The average molecular weight is 286 g/mol. The molecule has 0 saturated heterocycles. The fourth-order valence-corrected chi connectivity index (χ4v) is 2.81. The van der Waals surface area contributed by atoms with Gasteiger partial charge in [0.25, 0.3) is 0 Å². The average Bonchev–Trinajstić information content (AvgIpc) is 2.46. The van der Waals surface area contributed by atoms with E-state index >= 15 is 0 Å². The van der Waals surface area contributed by atoms with Gasteiger partial charge in [0.15, 0.2) is 0 Å². The lowest BCUT2D eigenvalue weighted by molar-refractivity contribution is 0.0617. The third-order valence-corrected chi connectivity index (χ3v) is 3.98. The lowest BCUT2D eigenvalue weighted by atomic mass is 9.81. The summed E-state index contributed by atoms with van der Waals surface area (Å²) in [6.07, 6.45) is 5.46. The van der Waals surface area contributed by atoms with Crippen LogP contribution in [0, 0.1) is 5.92 Å². The molecule has 2 rings (SSSR count). The van der Waals surface area contributed by atoms with Gasteiger partial charge in [0, 0.05) is 0 Å². The van der Waals surface area contributed by atoms with Crippen molar-refractivity contribution in [2.45, 2.75) is 44.2 Å². The molecule has 0 amide bonds. The fourth-order valence-electron chi connectivity index (χ4n) is 2.81. The summed E-state index contributed by atoms with van der Waals surface area (Å²) in [6.45, 7) is 0. The number of aliphatic hydroxyl groups excluding tert-OH is 1. The number of halogens is 1. The molecule has 1 saturated carbocycles. The van der Waals surface area contributed by atoms with Crippen LogP contribution in [-0.4, -0.2) is 18.3 Å². The molecule has 3 nitrogen and oxygen atoms in total. The molecular formula is C15H24ClNO2. The van der Waals surface area contributed by atoms with Crippen molar-refractivity contribution < 1.29 is 9.84 Å². The highest BCUT2D eigenvalue weighted by molar-refractivity contribution is 5.85. The van der Waals surface area contributed by atoms with Crippen LogP contribution in [0.4, 0.5) is 0 Å². The molecule has 0 unspecified atom stereocenters. The third-order valence-electron chi connectivity index (χ3n) is 3.98. The van der Waals surface area contributed by atoms with Gasteiger partial charge in [-0.3, -0.25) is 0 Å². The Morgan fingerprint density at radius 3 is 2.58 bits per heavy atom. The molecule has 0 aromatic heterocycles. The largest absolute Gasteiger partial charge is 0.497 e. The van der Waals surface area contributed by atoms with Crippen LogP contribution in [0.1, 0.15) is 43.7 Å². The molecule has 1 fully saturated rings. The predicted octanol–water partition coefficient (Wildman–Crippen LogP) is 3.06. The molecule has 1 aromatic carbocycles. The minimum absolute atomic E-state index is 0. The highest BCUT2D eigenvalue weighted by atomic mass is 35.5. The Morgan fingerprint density at radius 2 is 1.95 bits per heavy atom. The second-order valence-corrected chi connectivity index (χ2v) is 5.19. The summed E-state index contributed by atoms with van der Waals surface area (Å²) in [7, 11) is 1.64. The van der Waals surface area contributed by atoms with E-state index in [0.717, 1.165) is 24.2 Å². The fraction of sp³-hybridized carbons (Fsp3) is 0.600. The first-order chi connectivity index (χ1) is 8.72. The first-order valence-electron chi connectivity index (χ1n) is 6.80. The number of aliphatic hydroxyl groups is 1. The van der Waals surface area contributed by atoms with E-state index in [1.807, 2.05) is 24.3 Å². The Labute approximate surface area is 121 Å². The monoisotopic (exact) mass is 285 g/mol. The lowest BCUT2D eigenvalue weighted by Crippen LogP contribution is -2.34. The Morgan fingerprint density at radius 1 is 1.26 bits per heavy atom. The predicted molar refractivity (Wildman–Crippen MR) is 79.8 cm³/mol. The van der Waals surface area contributed by atoms with Gasteiger partial charge in [-0.25, -0.2) is 0 Å². The van der Waals surface area contributed by atoms with Gasteiger partial charge in [0.1, 0.15) is 5.75 Å². The molecule has 1 aliphatic carbocycles. The Balaban J connectivity index is 0.00000180. The quantitative estimate of drug-likeness (QED) is 0.894. The number of rotatable bonds is 4. The maximum atomic E-state index is 10.4. The van der Waals surface area contributed by atoms with Crippen molar-refractivity contribution in [2.24, 2.45) is 11.7 Å². The minimum atomic E-state index is -0.447. The topological polar surface area (TPSA) is 55.5 Å². The van der Waals surface area contributed by atoms with Crippen LogP contribution in [0.15, 0.2) is 24.3 Å². The number of methoxy groups -OCH3 is 1. The molecule has 0 bridgehead atoms. The van der Waals surface area contributed by atoms with E-state index in [4.69, 9.17) is 10.5 Å². The summed E-state index contributed by atoms with van der Waals surface area (Å²) >= 11 is 0. The van der Waals surface area contributed by atoms with Gasteiger partial charge in [-0.05, 0) is 36.5 Å². The van der Waals surface area contributed by atoms with Gasteiger partial charge in [-0.15, -0.1) is 12.4 Å². The zero-order chi connectivity index (χ0) is 13.0. The highest BCUT2D eigenvalue weighted by Gasteiger charge is 2.27. The van der Waals surface area contributed by atoms with Gasteiger partial charge >= 0.3 is 0 Å². The van der Waals surface area contributed by atoms with Crippen molar-refractivity contribution in [3.8, 4) is 5.75 Å². The van der Waals surface area contributed by atoms with Crippen molar-refractivity contribution in [1.82, 2.24) is 0 Å². The second-order valence-electron chi connectivity index (χ2n) is 5.19. The maximum absolute atomic E-state index is 10.4. The lowest BCUT2D eigenvalue weighted by Gasteiger charge is -2.30. The van der Waals surface area contributed by atoms with Crippen molar-refractivity contribution in [3.63, 3.8) is 0 Å². The van der Waals surface area contributed by atoms with Gasteiger partial charge in [0.2, 0.25) is 0 Å². The van der Waals surface area contributed by atoms with E-state index in [1.165, 1.54) is 19.3 Å². The zero-order valence-corrected chi connectivity index (χ0v) is 12.2. The summed E-state index contributed by atoms with van der Waals surface area (Å²) in [5.41, 5.74) is 7.14. The first-order valence-corrected chi connectivity index (χ1v) is 6.80. The molecule has 1 aliphatic rings. The molecule has 2 atom stereocenters. The summed E-state index contributed by atoms with van der Waals surface area (Å²) in [4.78, 5) is 0. The summed E-state index contributed by atoms with van der Waals surface area (Å²) in [6, 6.07) is 7.36. The zero-order valence-electron chi connectivity index (χ0n) is 11.4. The van der Waals surface area contributed by atoms with Crippen LogP contribution in [-0.2, 0) is 0 Å². The third kappa shape index (κ3) is 4.10. The van der Waals surface area contributed by atoms with Crippen molar-refractivity contribution in [3.05, 3.63) is 29.8 Å². The summed E-state index contributed by atoms with van der Waals surface area (Å²) in [5.74, 6) is 1.14. The van der Waals surface area contributed by atoms with Crippen molar-refractivity contribution >= 4 is 12.4 Å². The number of nitrogens with two attached hydrogens (primary N) is 1. The SMILES string of the molecule is COc1cccc([C@H](N)[C@H](O)C2CCCCC2)c1.Cl. The number of hydrogen-bond acceptors (Lipinski definition) is 3. The van der Waals surface area contributed by atoms with Gasteiger partial charge in [-0.2, -0.15) is 0 Å². The molecule has 0 radical (unpaired) electrons. The van der Waals surface area contributed by atoms with E-state index < -0.39 is 6.10 Å². The number of benzene rings is 1. The number of ether oxygens (including phenoxy) is 1. The van der Waals surface area contributed by atoms with E-state index in [-0.39, 0.29) is 18.4 Å². The Kier molecular flexibility index (Phi) is 6.63. The van der Waals surface area contributed by atoms with Crippen LogP contribution in [0.2, 0.25) is 0 Å². The molecule has 4 heteroatoms. The molecule has 0 spiro atoms. The maximum Gasteiger partial charge on any atom is 0.119 e. The van der Waals surface area contributed by atoms with Gasteiger partial charge in [0.05, 0.1) is 19.3 Å². The van der Waals surface area contributed by atoms with Crippen LogP contribution in [0.3, 0.4) is 0 Å². The van der Waals surface area contributed by atoms with E-state index in [2.05, 4.69) is 0 Å². The summed E-state index contributed by atoms with van der Waals surface area (Å²) < 4.78 is 5.19. The molecule has 19 heavy (non-hydrogen) atoms. The van der Waals surface area contributed by atoms with Gasteiger partial charge < -0.3 is 15.6 Å². The smallest absolute Gasteiger partial charge is 0.119 e. The molecule has 108 valence electrons. The standard InChI is InChI=1S/C15H23NO2.ClH/c1-18-13-9-5-8-12(10-13)14(16)15(17)11-6-3-2-4-7-11;/h5,8-11,14-15,17H,2-4,6-7,16H2,1H3;1H/t14-,15+;/m0./s1. The molecule has 3 N–H and O–H groups in total. The van der Waals surface area contributed by atoms with Crippen molar-refractivity contribution in [2.75, 3.05) is 7.11 Å². The molecule has 0 aliphatic heterocycles.